The van der Waals surface area contributed by atoms with Crippen LogP contribution in [0.2, 0.25) is 0 Å². The zero-order valence-electron chi connectivity index (χ0n) is 14.7. The molecule has 0 aliphatic heterocycles. The minimum atomic E-state index is -4.49. The molecular weight excluding hydrogens is 353 g/mol. The van der Waals surface area contributed by atoms with Crippen molar-refractivity contribution >= 4 is 17.5 Å². The smallest absolute Gasteiger partial charge is 0.379 e. The molecule has 9 heteroatoms. The first kappa shape index (κ1) is 21.9. The van der Waals surface area contributed by atoms with Crippen molar-refractivity contribution in [3.8, 4) is 0 Å². The van der Waals surface area contributed by atoms with Gasteiger partial charge in [0.15, 0.2) is 0 Å². The van der Waals surface area contributed by atoms with Crippen LogP contribution in [0.25, 0.3) is 0 Å². The maximum Gasteiger partial charge on any atom is 0.416 e. The fourth-order valence-electron chi connectivity index (χ4n) is 1.88. The molecule has 0 aliphatic carbocycles. The SMILES string of the molecule is CC(C)OCCCNC(=O)COCC(=O)Nc1cccc(C(F)(F)F)c1. The first-order chi connectivity index (χ1) is 12.2. The minimum absolute atomic E-state index is 0.00280. The van der Waals surface area contributed by atoms with Gasteiger partial charge in [0.25, 0.3) is 0 Å². The monoisotopic (exact) mass is 376 g/mol. The summed E-state index contributed by atoms with van der Waals surface area (Å²) in [6.45, 7) is 4.01. The zero-order valence-corrected chi connectivity index (χ0v) is 14.7. The van der Waals surface area contributed by atoms with E-state index in [0.29, 0.717) is 19.6 Å². The summed E-state index contributed by atoms with van der Waals surface area (Å²) in [4.78, 5) is 23.2. The van der Waals surface area contributed by atoms with Crippen molar-refractivity contribution in [1.82, 2.24) is 5.32 Å². The van der Waals surface area contributed by atoms with Crippen LogP contribution in [-0.4, -0.2) is 44.3 Å². The number of nitrogens with one attached hydrogen (secondary N) is 2. The number of halogens is 3. The lowest BCUT2D eigenvalue weighted by atomic mass is 10.2. The van der Waals surface area contributed by atoms with Crippen molar-refractivity contribution in [2.24, 2.45) is 0 Å². The number of benzene rings is 1. The number of anilines is 1. The van der Waals surface area contributed by atoms with Gasteiger partial charge in [-0.2, -0.15) is 13.2 Å². The van der Waals surface area contributed by atoms with Crippen LogP contribution < -0.4 is 10.6 Å². The molecular formula is C17H23F3N2O4. The van der Waals surface area contributed by atoms with E-state index in [1.165, 1.54) is 12.1 Å². The molecule has 0 radical (unpaired) electrons. The molecule has 1 aromatic carbocycles. The Balaban J connectivity index is 2.23. The fourth-order valence-corrected chi connectivity index (χ4v) is 1.88. The Morgan fingerprint density at radius 3 is 2.50 bits per heavy atom. The summed E-state index contributed by atoms with van der Waals surface area (Å²) in [5.41, 5.74) is -0.861. The predicted molar refractivity (Wildman–Crippen MR) is 89.6 cm³/mol. The van der Waals surface area contributed by atoms with Gasteiger partial charge < -0.3 is 20.1 Å². The lowest BCUT2D eigenvalue weighted by Gasteiger charge is -2.10. The highest BCUT2D eigenvalue weighted by atomic mass is 19.4. The summed E-state index contributed by atoms with van der Waals surface area (Å²) >= 11 is 0. The number of hydrogen-bond donors (Lipinski definition) is 2. The van der Waals surface area contributed by atoms with Gasteiger partial charge in [-0.3, -0.25) is 9.59 Å². The Hall–Kier alpha value is -2.13. The van der Waals surface area contributed by atoms with E-state index in [1.54, 1.807) is 0 Å². The van der Waals surface area contributed by atoms with Gasteiger partial charge in [0.2, 0.25) is 11.8 Å². The fraction of sp³-hybridized carbons (Fsp3) is 0.529. The third kappa shape index (κ3) is 9.38. The van der Waals surface area contributed by atoms with E-state index in [4.69, 9.17) is 9.47 Å². The number of hydrogen-bond acceptors (Lipinski definition) is 4. The number of carbonyl (C=O) groups excluding carboxylic acids is 2. The van der Waals surface area contributed by atoms with E-state index in [2.05, 4.69) is 10.6 Å². The Labute approximate surface area is 150 Å². The molecule has 1 aromatic rings. The number of alkyl halides is 3. The van der Waals surface area contributed by atoms with Crippen molar-refractivity contribution in [2.45, 2.75) is 32.5 Å². The summed E-state index contributed by atoms with van der Waals surface area (Å²) in [7, 11) is 0. The van der Waals surface area contributed by atoms with Gasteiger partial charge in [0.05, 0.1) is 11.7 Å². The second kappa shape index (κ2) is 10.8. The molecule has 0 aromatic heterocycles. The molecule has 0 atom stereocenters. The van der Waals surface area contributed by atoms with Crippen LogP contribution in [0.4, 0.5) is 18.9 Å². The van der Waals surface area contributed by atoms with Crippen LogP contribution in [0.1, 0.15) is 25.8 Å². The molecule has 0 saturated heterocycles. The van der Waals surface area contributed by atoms with Gasteiger partial charge in [0.1, 0.15) is 13.2 Å². The summed E-state index contributed by atoms with van der Waals surface area (Å²) in [5.74, 6) is -1.04. The quantitative estimate of drug-likeness (QED) is 0.616. The second-order valence-electron chi connectivity index (χ2n) is 5.74. The largest absolute Gasteiger partial charge is 0.416 e. The van der Waals surface area contributed by atoms with Crippen molar-refractivity contribution in [2.75, 3.05) is 31.7 Å². The molecule has 2 amide bonds. The normalized spacial score (nSPS) is 11.5. The number of rotatable bonds is 10. The maximum absolute atomic E-state index is 12.6. The Morgan fingerprint density at radius 1 is 1.15 bits per heavy atom. The van der Waals surface area contributed by atoms with E-state index in [9.17, 15) is 22.8 Å². The molecule has 6 nitrogen and oxygen atoms in total. The van der Waals surface area contributed by atoms with E-state index in [-0.39, 0.29) is 24.3 Å². The summed E-state index contributed by atoms with van der Waals surface area (Å²) in [5, 5.41) is 4.89. The molecule has 0 bridgehead atoms. The first-order valence-electron chi connectivity index (χ1n) is 8.11. The lowest BCUT2D eigenvalue weighted by molar-refractivity contribution is -0.137. The van der Waals surface area contributed by atoms with Gasteiger partial charge in [0, 0.05) is 18.8 Å². The van der Waals surface area contributed by atoms with Crippen LogP contribution in [-0.2, 0) is 25.2 Å². The molecule has 26 heavy (non-hydrogen) atoms. The summed E-state index contributed by atoms with van der Waals surface area (Å²) < 4.78 is 48.1. The van der Waals surface area contributed by atoms with Crippen LogP contribution in [0.15, 0.2) is 24.3 Å². The molecule has 1 rings (SSSR count). The van der Waals surface area contributed by atoms with Gasteiger partial charge in [-0.1, -0.05) is 6.07 Å². The summed E-state index contributed by atoms with van der Waals surface area (Å²) in [6, 6.07) is 4.25. The lowest BCUT2D eigenvalue weighted by Crippen LogP contribution is -2.30. The molecule has 0 saturated carbocycles. The van der Waals surface area contributed by atoms with Crippen LogP contribution >= 0.6 is 0 Å². The molecule has 0 spiro atoms. The molecule has 146 valence electrons. The van der Waals surface area contributed by atoms with Crippen molar-refractivity contribution in [3.63, 3.8) is 0 Å². The average Bonchev–Trinajstić information content (AvgIpc) is 2.53. The van der Waals surface area contributed by atoms with Crippen LogP contribution in [0, 0.1) is 0 Å². The van der Waals surface area contributed by atoms with Crippen molar-refractivity contribution in [1.29, 1.82) is 0 Å². The number of ether oxygens (including phenoxy) is 2. The third-order valence-electron chi connectivity index (χ3n) is 3.03. The molecule has 0 unspecified atom stereocenters. The topological polar surface area (TPSA) is 76.7 Å². The number of amides is 2. The summed E-state index contributed by atoms with van der Waals surface area (Å²) in [6.07, 6.45) is -3.71. The number of carbonyl (C=O) groups is 2. The highest BCUT2D eigenvalue weighted by Crippen LogP contribution is 2.30. The van der Waals surface area contributed by atoms with Gasteiger partial charge in [-0.05, 0) is 38.5 Å². The van der Waals surface area contributed by atoms with E-state index < -0.39 is 24.3 Å². The predicted octanol–water partition coefficient (Wildman–Crippen LogP) is 2.59. The van der Waals surface area contributed by atoms with E-state index in [0.717, 1.165) is 12.1 Å². The van der Waals surface area contributed by atoms with Gasteiger partial charge in [-0.25, -0.2) is 0 Å². The Morgan fingerprint density at radius 2 is 1.85 bits per heavy atom. The molecule has 0 fully saturated rings. The van der Waals surface area contributed by atoms with E-state index in [1.807, 2.05) is 13.8 Å². The Kier molecular flexibility index (Phi) is 9.08. The van der Waals surface area contributed by atoms with Crippen LogP contribution in [0.5, 0.6) is 0 Å². The third-order valence-corrected chi connectivity index (χ3v) is 3.03. The van der Waals surface area contributed by atoms with Gasteiger partial charge in [-0.15, -0.1) is 0 Å². The van der Waals surface area contributed by atoms with Crippen molar-refractivity contribution < 1.29 is 32.2 Å². The molecule has 2 N–H and O–H groups in total. The minimum Gasteiger partial charge on any atom is -0.379 e. The van der Waals surface area contributed by atoms with E-state index >= 15 is 0 Å². The standard InChI is InChI=1S/C17H23F3N2O4/c1-12(2)26-8-4-7-21-15(23)10-25-11-16(24)22-14-6-3-5-13(9-14)17(18,19)20/h3,5-6,9,12H,4,7-8,10-11H2,1-2H3,(H,21,23)(H,22,24). The molecule has 0 aliphatic rings. The second-order valence-corrected chi connectivity index (χ2v) is 5.74. The first-order valence-corrected chi connectivity index (χ1v) is 8.11. The maximum atomic E-state index is 12.6. The molecule has 0 heterocycles. The average molecular weight is 376 g/mol. The van der Waals surface area contributed by atoms with Crippen molar-refractivity contribution in [3.05, 3.63) is 29.8 Å². The van der Waals surface area contributed by atoms with Crippen LogP contribution in [0.3, 0.4) is 0 Å². The zero-order chi connectivity index (χ0) is 19.6. The highest BCUT2D eigenvalue weighted by Gasteiger charge is 2.30. The van der Waals surface area contributed by atoms with Gasteiger partial charge >= 0.3 is 6.18 Å². The Bertz CT molecular complexity index is 592. The highest BCUT2D eigenvalue weighted by molar-refractivity contribution is 5.92.